The van der Waals surface area contributed by atoms with Crippen LogP contribution in [0.1, 0.15) is 15.9 Å². The van der Waals surface area contributed by atoms with Crippen LogP contribution in [0.5, 0.6) is 0 Å². The molecule has 0 bridgehead atoms. The quantitative estimate of drug-likeness (QED) is 0.750. The van der Waals surface area contributed by atoms with Gasteiger partial charge in [0.1, 0.15) is 5.82 Å². The fraction of sp³-hybridized carbons (Fsp3) is 0.0667. The molecule has 20 heavy (non-hydrogen) atoms. The van der Waals surface area contributed by atoms with Crippen LogP contribution in [-0.4, -0.2) is 16.1 Å². The summed E-state index contributed by atoms with van der Waals surface area (Å²) < 4.78 is 13.9. The van der Waals surface area contributed by atoms with E-state index in [2.05, 4.69) is 15.5 Å². The average molecular weight is 269 g/mol. The summed E-state index contributed by atoms with van der Waals surface area (Å²) in [5.74, 6) is -0.625. The van der Waals surface area contributed by atoms with Crippen LogP contribution in [0, 0.1) is 12.7 Å². The zero-order valence-electron chi connectivity index (χ0n) is 10.8. The maximum atomic E-state index is 13.9. The highest BCUT2D eigenvalue weighted by molar-refractivity contribution is 6.08. The Morgan fingerprint density at radius 2 is 2.00 bits per heavy atom. The van der Waals surface area contributed by atoms with Crippen molar-refractivity contribution in [3.63, 3.8) is 0 Å². The molecule has 0 fully saturated rings. The van der Waals surface area contributed by atoms with E-state index in [0.29, 0.717) is 11.4 Å². The minimum Gasteiger partial charge on any atom is -0.304 e. The first-order valence-electron chi connectivity index (χ1n) is 6.16. The molecule has 0 aliphatic carbocycles. The molecule has 0 aliphatic heterocycles. The van der Waals surface area contributed by atoms with E-state index in [0.717, 1.165) is 10.9 Å². The van der Waals surface area contributed by atoms with Crippen molar-refractivity contribution in [3.8, 4) is 0 Å². The number of aromatic amines is 1. The molecule has 5 heteroatoms. The Kier molecular flexibility index (Phi) is 2.95. The number of aryl methyl sites for hydroxylation is 1. The monoisotopic (exact) mass is 269 g/mol. The van der Waals surface area contributed by atoms with Gasteiger partial charge < -0.3 is 5.32 Å². The Morgan fingerprint density at radius 1 is 1.20 bits per heavy atom. The number of hydrogen-bond acceptors (Lipinski definition) is 2. The molecule has 3 rings (SSSR count). The van der Waals surface area contributed by atoms with Crippen molar-refractivity contribution in [2.45, 2.75) is 6.92 Å². The minimum atomic E-state index is -0.511. The molecule has 2 N–H and O–H groups in total. The SMILES string of the molecule is Cc1cccc(C(=O)Nc2n[nH]c3ccccc23)c1F. The van der Waals surface area contributed by atoms with Crippen molar-refractivity contribution in [2.75, 3.05) is 5.32 Å². The third kappa shape index (κ3) is 2.03. The molecule has 0 unspecified atom stereocenters. The number of carbonyl (C=O) groups is 1. The van der Waals surface area contributed by atoms with Crippen LogP contribution in [0.3, 0.4) is 0 Å². The third-order valence-corrected chi connectivity index (χ3v) is 3.14. The number of benzene rings is 2. The number of rotatable bonds is 2. The van der Waals surface area contributed by atoms with E-state index in [4.69, 9.17) is 0 Å². The zero-order valence-corrected chi connectivity index (χ0v) is 10.8. The predicted molar refractivity (Wildman–Crippen MR) is 75.2 cm³/mol. The molecule has 4 nitrogen and oxygen atoms in total. The summed E-state index contributed by atoms with van der Waals surface area (Å²) in [5.41, 5.74) is 1.26. The standard InChI is InChI=1S/C15H12FN3O/c1-9-5-4-7-11(13(9)16)15(20)17-14-10-6-2-3-8-12(10)18-19-14/h2-8H,1H3,(H2,17,18,19,20). The van der Waals surface area contributed by atoms with Crippen molar-refractivity contribution in [1.82, 2.24) is 10.2 Å². The Hall–Kier alpha value is -2.69. The molecule has 2 aromatic carbocycles. The molecule has 1 aromatic heterocycles. The van der Waals surface area contributed by atoms with Crippen LogP contribution in [0.4, 0.5) is 10.2 Å². The van der Waals surface area contributed by atoms with Gasteiger partial charge in [0.05, 0.1) is 11.1 Å². The summed E-state index contributed by atoms with van der Waals surface area (Å²) in [6.45, 7) is 1.62. The Labute approximate surface area is 114 Å². The second kappa shape index (κ2) is 4.77. The highest BCUT2D eigenvalue weighted by atomic mass is 19.1. The molecule has 100 valence electrons. The van der Waals surface area contributed by atoms with E-state index in [1.807, 2.05) is 24.3 Å². The van der Waals surface area contributed by atoms with Gasteiger partial charge in [-0.1, -0.05) is 24.3 Å². The summed E-state index contributed by atoms with van der Waals surface area (Å²) in [5, 5.41) is 10.3. The van der Waals surface area contributed by atoms with E-state index >= 15 is 0 Å². The number of nitrogens with zero attached hydrogens (tertiary/aromatic N) is 1. The summed E-state index contributed by atoms with van der Waals surface area (Å²) in [6.07, 6.45) is 0. The Balaban J connectivity index is 1.95. The first kappa shape index (κ1) is 12.3. The van der Waals surface area contributed by atoms with Gasteiger partial charge in [-0.15, -0.1) is 0 Å². The number of fused-ring (bicyclic) bond motifs is 1. The van der Waals surface area contributed by atoms with Crippen molar-refractivity contribution in [2.24, 2.45) is 0 Å². The zero-order chi connectivity index (χ0) is 14.1. The third-order valence-electron chi connectivity index (χ3n) is 3.14. The van der Waals surface area contributed by atoms with Crippen LogP contribution in [0.2, 0.25) is 0 Å². The highest BCUT2D eigenvalue weighted by Gasteiger charge is 2.15. The number of H-pyrrole nitrogens is 1. The largest absolute Gasteiger partial charge is 0.304 e. The van der Waals surface area contributed by atoms with Crippen LogP contribution >= 0.6 is 0 Å². The van der Waals surface area contributed by atoms with E-state index in [9.17, 15) is 9.18 Å². The predicted octanol–water partition coefficient (Wildman–Crippen LogP) is 3.26. The molecule has 0 atom stereocenters. The molecular formula is C15H12FN3O. The molecule has 3 aromatic rings. The molecule has 1 amide bonds. The summed E-state index contributed by atoms with van der Waals surface area (Å²) in [7, 11) is 0. The number of para-hydroxylation sites is 1. The number of carbonyl (C=O) groups excluding carboxylic acids is 1. The number of anilines is 1. The summed E-state index contributed by atoms with van der Waals surface area (Å²) >= 11 is 0. The second-order valence-corrected chi connectivity index (χ2v) is 4.51. The van der Waals surface area contributed by atoms with Crippen molar-refractivity contribution in [3.05, 3.63) is 59.4 Å². The molecule has 0 saturated heterocycles. The topological polar surface area (TPSA) is 57.8 Å². The molecule has 0 aliphatic rings. The fourth-order valence-electron chi connectivity index (χ4n) is 2.06. The fourth-order valence-corrected chi connectivity index (χ4v) is 2.06. The van der Waals surface area contributed by atoms with Crippen LogP contribution < -0.4 is 5.32 Å². The maximum absolute atomic E-state index is 13.9. The number of aromatic nitrogens is 2. The van der Waals surface area contributed by atoms with Gasteiger partial charge >= 0.3 is 0 Å². The molecular weight excluding hydrogens is 257 g/mol. The number of amides is 1. The average Bonchev–Trinajstić information content (AvgIpc) is 2.85. The lowest BCUT2D eigenvalue weighted by Crippen LogP contribution is -2.14. The smallest absolute Gasteiger partial charge is 0.259 e. The van der Waals surface area contributed by atoms with Crippen LogP contribution in [-0.2, 0) is 0 Å². The van der Waals surface area contributed by atoms with Crippen molar-refractivity contribution >= 4 is 22.6 Å². The molecule has 0 spiro atoms. The van der Waals surface area contributed by atoms with Gasteiger partial charge in [0.15, 0.2) is 5.82 Å². The molecule has 0 saturated carbocycles. The van der Waals surface area contributed by atoms with Gasteiger partial charge in [-0.2, -0.15) is 5.10 Å². The van der Waals surface area contributed by atoms with Gasteiger partial charge in [-0.05, 0) is 30.7 Å². The second-order valence-electron chi connectivity index (χ2n) is 4.51. The van der Waals surface area contributed by atoms with E-state index in [1.165, 1.54) is 6.07 Å². The van der Waals surface area contributed by atoms with Crippen molar-refractivity contribution in [1.29, 1.82) is 0 Å². The first-order valence-corrected chi connectivity index (χ1v) is 6.16. The normalized spacial score (nSPS) is 10.7. The number of halogens is 1. The summed E-state index contributed by atoms with van der Waals surface area (Å²) in [6, 6.07) is 12.1. The summed E-state index contributed by atoms with van der Waals surface area (Å²) in [4.78, 5) is 12.1. The van der Waals surface area contributed by atoms with E-state index in [1.54, 1.807) is 19.1 Å². The lowest BCUT2D eigenvalue weighted by Gasteiger charge is -2.05. The van der Waals surface area contributed by atoms with Crippen LogP contribution in [0.15, 0.2) is 42.5 Å². The lowest BCUT2D eigenvalue weighted by molar-refractivity contribution is 0.102. The maximum Gasteiger partial charge on any atom is 0.259 e. The van der Waals surface area contributed by atoms with Gasteiger partial charge in [0.25, 0.3) is 5.91 Å². The van der Waals surface area contributed by atoms with Gasteiger partial charge in [-0.3, -0.25) is 9.89 Å². The van der Waals surface area contributed by atoms with Crippen molar-refractivity contribution < 1.29 is 9.18 Å². The molecule has 1 heterocycles. The highest BCUT2D eigenvalue weighted by Crippen LogP contribution is 2.21. The Morgan fingerprint density at radius 3 is 2.85 bits per heavy atom. The van der Waals surface area contributed by atoms with Gasteiger partial charge in [-0.25, -0.2) is 4.39 Å². The number of hydrogen-bond donors (Lipinski definition) is 2. The minimum absolute atomic E-state index is 0.0112. The molecule has 0 radical (unpaired) electrons. The first-order chi connectivity index (χ1) is 9.66. The van der Waals surface area contributed by atoms with Gasteiger partial charge in [0, 0.05) is 5.39 Å². The number of nitrogens with one attached hydrogen (secondary N) is 2. The Bertz CT molecular complexity index is 795. The van der Waals surface area contributed by atoms with E-state index in [-0.39, 0.29) is 5.56 Å². The van der Waals surface area contributed by atoms with E-state index < -0.39 is 11.7 Å². The lowest BCUT2D eigenvalue weighted by atomic mass is 10.1. The van der Waals surface area contributed by atoms with Gasteiger partial charge in [0.2, 0.25) is 0 Å². The van der Waals surface area contributed by atoms with Crippen LogP contribution in [0.25, 0.3) is 10.9 Å².